The molecule has 1 aromatic heterocycles. The third-order valence-electron chi connectivity index (χ3n) is 4.97. The Bertz CT molecular complexity index is 768. The Kier molecular flexibility index (Phi) is 5.35. The van der Waals surface area contributed by atoms with Gasteiger partial charge in [0.2, 0.25) is 0 Å². The molecule has 0 saturated carbocycles. The molecular weight excluding hydrogens is 308 g/mol. The van der Waals surface area contributed by atoms with Crippen molar-refractivity contribution in [1.29, 1.82) is 5.26 Å². The third-order valence-corrected chi connectivity index (χ3v) is 4.97. The Morgan fingerprint density at radius 2 is 1.84 bits per heavy atom. The van der Waals surface area contributed by atoms with Crippen molar-refractivity contribution in [1.82, 2.24) is 9.88 Å². The van der Waals surface area contributed by atoms with Gasteiger partial charge in [-0.1, -0.05) is 32.0 Å². The van der Waals surface area contributed by atoms with E-state index < -0.39 is 0 Å². The van der Waals surface area contributed by atoms with Gasteiger partial charge in [0.25, 0.3) is 0 Å². The average molecular weight is 334 g/mol. The summed E-state index contributed by atoms with van der Waals surface area (Å²) < 4.78 is 0. The second-order valence-electron chi connectivity index (χ2n) is 7.05. The van der Waals surface area contributed by atoms with E-state index in [1.54, 1.807) is 0 Å². The van der Waals surface area contributed by atoms with E-state index in [2.05, 4.69) is 53.8 Å². The predicted molar refractivity (Wildman–Crippen MR) is 102 cm³/mol. The Morgan fingerprint density at radius 3 is 2.52 bits per heavy atom. The first-order valence-corrected chi connectivity index (χ1v) is 9.01. The van der Waals surface area contributed by atoms with Crippen LogP contribution in [0.1, 0.15) is 42.0 Å². The van der Waals surface area contributed by atoms with E-state index in [1.807, 2.05) is 24.4 Å². The summed E-state index contributed by atoms with van der Waals surface area (Å²) in [6.07, 6.45) is 1.92. The van der Waals surface area contributed by atoms with Crippen molar-refractivity contribution in [2.45, 2.75) is 33.2 Å². The fraction of sp³-hybridized carbons (Fsp3) is 0.429. The van der Waals surface area contributed by atoms with Crippen LogP contribution in [0.15, 0.2) is 36.5 Å². The zero-order chi connectivity index (χ0) is 17.8. The molecule has 2 aromatic rings. The zero-order valence-corrected chi connectivity index (χ0v) is 15.4. The summed E-state index contributed by atoms with van der Waals surface area (Å²) >= 11 is 0. The van der Waals surface area contributed by atoms with Gasteiger partial charge in [-0.05, 0) is 36.1 Å². The summed E-state index contributed by atoms with van der Waals surface area (Å²) in [4.78, 5) is 9.53. The highest BCUT2D eigenvalue weighted by Crippen LogP contribution is 2.29. The maximum absolute atomic E-state index is 9.26. The highest BCUT2D eigenvalue weighted by atomic mass is 15.3. The van der Waals surface area contributed by atoms with Crippen LogP contribution in [-0.2, 0) is 6.54 Å². The van der Waals surface area contributed by atoms with E-state index in [0.29, 0.717) is 5.92 Å². The smallest absolute Gasteiger partial charge is 0.132 e. The lowest BCUT2D eigenvalue weighted by atomic mass is 9.98. The molecule has 0 amide bonds. The number of aromatic nitrogens is 1. The van der Waals surface area contributed by atoms with Gasteiger partial charge >= 0.3 is 0 Å². The van der Waals surface area contributed by atoms with Crippen LogP contribution in [0.25, 0.3) is 0 Å². The van der Waals surface area contributed by atoms with Crippen LogP contribution < -0.4 is 4.90 Å². The zero-order valence-electron chi connectivity index (χ0n) is 15.4. The molecule has 3 rings (SSSR count). The standard InChI is InChI=1S/C21H26N4/c1-16(2)20-17(3)8-9-23-21(20)25-12-10-24(11-13-25)15-19-7-5-4-6-18(19)14-22/h4-9,16H,10-13,15H2,1-3H3. The normalized spacial score (nSPS) is 15.4. The summed E-state index contributed by atoms with van der Waals surface area (Å²) in [5.74, 6) is 1.62. The molecule has 0 spiro atoms. The summed E-state index contributed by atoms with van der Waals surface area (Å²) in [7, 11) is 0. The minimum atomic E-state index is 0.476. The van der Waals surface area contributed by atoms with Crippen LogP contribution >= 0.6 is 0 Å². The molecule has 2 heterocycles. The van der Waals surface area contributed by atoms with Gasteiger partial charge in [-0.3, -0.25) is 4.90 Å². The van der Waals surface area contributed by atoms with Gasteiger partial charge in [0.15, 0.2) is 0 Å². The summed E-state index contributed by atoms with van der Waals surface area (Å²) in [5.41, 5.74) is 4.60. The van der Waals surface area contributed by atoms with Crippen LogP contribution in [-0.4, -0.2) is 36.1 Å². The summed E-state index contributed by atoms with van der Waals surface area (Å²) in [5, 5.41) is 9.26. The summed E-state index contributed by atoms with van der Waals surface area (Å²) in [6, 6.07) is 12.3. The Balaban J connectivity index is 1.69. The fourth-order valence-corrected chi connectivity index (χ4v) is 3.65. The van der Waals surface area contributed by atoms with Gasteiger partial charge in [-0.25, -0.2) is 4.98 Å². The van der Waals surface area contributed by atoms with Crippen molar-refractivity contribution in [3.63, 3.8) is 0 Å². The topological polar surface area (TPSA) is 43.2 Å². The molecule has 1 saturated heterocycles. The molecule has 1 aliphatic rings. The molecule has 4 nitrogen and oxygen atoms in total. The van der Waals surface area contributed by atoms with Crippen molar-refractivity contribution in [2.75, 3.05) is 31.1 Å². The Labute approximate surface area is 150 Å². The number of anilines is 1. The number of pyridine rings is 1. The van der Waals surface area contributed by atoms with E-state index in [1.165, 1.54) is 11.1 Å². The maximum atomic E-state index is 9.26. The van der Waals surface area contributed by atoms with E-state index in [9.17, 15) is 5.26 Å². The van der Waals surface area contributed by atoms with Gasteiger partial charge in [-0.15, -0.1) is 0 Å². The molecule has 130 valence electrons. The van der Waals surface area contributed by atoms with Gasteiger partial charge in [0.1, 0.15) is 5.82 Å². The van der Waals surface area contributed by atoms with Crippen molar-refractivity contribution in [3.8, 4) is 6.07 Å². The van der Waals surface area contributed by atoms with E-state index in [4.69, 9.17) is 0 Å². The lowest BCUT2D eigenvalue weighted by molar-refractivity contribution is 0.249. The van der Waals surface area contributed by atoms with E-state index in [-0.39, 0.29) is 0 Å². The molecule has 0 aliphatic carbocycles. The first-order valence-electron chi connectivity index (χ1n) is 9.01. The molecule has 0 bridgehead atoms. The largest absolute Gasteiger partial charge is 0.354 e. The summed E-state index contributed by atoms with van der Waals surface area (Å²) in [6.45, 7) is 11.4. The molecule has 0 N–H and O–H groups in total. The minimum Gasteiger partial charge on any atom is -0.354 e. The van der Waals surface area contributed by atoms with Crippen LogP contribution in [0.2, 0.25) is 0 Å². The van der Waals surface area contributed by atoms with Gasteiger partial charge in [0.05, 0.1) is 11.6 Å². The predicted octanol–water partition coefficient (Wildman–Crippen LogP) is 3.71. The molecule has 1 fully saturated rings. The highest BCUT2D eigenvalue weighted by Gasteiger charge is 2.22. The number of nitriles is 1. The number of hydrogen-bond donors (Lipinski definition) is 0. The van der Waals surface area contributed by atoms with Crippen LogP contribution in [0.3, 0.4) is 0 Å². The van der Waals surface area contributed by atoms with Crippen LogP contribution in [0.5, 0.6) is 0 Å². The van der Waals surface area contributed by atoms with Crippen molar-refractivity contribution < 1.29 is 0 Å². The van der Waals surface area contributed by atoms with Crippen molar-refractivity contribution in [3.05, 3.63) is 58.8 Å². The second kappa shape index (κ2) is 7.67. The van der Waals surface area contributed by atoms with E-state index >= 15 is 0 Å². The number of benzene rings is 1. The average Bonchev–Trinajstić information content (AvgIpc) is 2.62. The van der Waals surface area contributed by atoms with Gasteiger partial charge in [-0.2, -0.15) is 5.26 Å². The van der Waals surface area contributed by atoms with Gasteiger partial charge < -0.3 is 4.90 Å². The molecule has 0 unspecified atom stereocenters. The third kappa shape index (κ3) is 3.83. The Morgan fingerprint density at radius 1 is 1.12 bits per heavy atom. The first kappa shape index (κ1) is 17.4. The molecule has 25 heavy (non-hydrogen) atoms. The van der Waals surface area contributed by atoms with Gasteiger partial charge in [0, 0.05) is 44.5 Å². The van der Waals surface area contributed by atoms with Crippen molar-refractivity contribution in [2.24, 2.45) is 0 Å². The van der Waals surface area contributed by atoms with Crippen LogP contribution in [0.4, 0.5) is 5.82 Å². The lowest BCUT2D eigenvalue weighted by Gasteiger charge is -2.37. The highest BCUT2D eigenvalue weighted by molar-refractivity contribution is 5.52. The van der Waals surface area contributed by atoms with Crippen molar-refractivity contribution >= 4 is 5.82 Å². The number of nitrogens with zero attached hydrogens (tertiary/aromatic N) is 4. The number of hydrogen-bond acceptors (Lipinski definition) is 4. The second-order valence-corrected chi connectivity index (χ2v) is 7.05. The minimum absolute atomic E-state index is 0.476. The Hall–Kier alpha value is -2.38. The quantitative estimate of drug-likeness (QED) is 0.855. The molecule has 1 aliphatic heterocycles. The maximum Gasteiger partial charge on any atom is 0.132 e. The molecular formula is C21H26N4. The molecule has 0 atom stereocenters. The first-order chi connectivity index (χ1) is 12.1. The molecule has 1 aromatic carbocycles. The number of piperazine rings is 1. The van der Waals surface area contributed by atoms with E-state index in [0.717, 1.165) is 49.7 Å². The number of aryl methyl sites for hydroxylation is 1. The van der Waals surface area contributed by atoms with Crippen LogP contribution in [0, 0.1) is 18.3 Å². The number of rotatable bonds is 4. The SMILES string of the molecule is Cc1ccnc(N2CCN(Cc3ccccc3C#N)CC2)c1C(C)C. The lowest BCUT2D eigenvalue weighted by Crippen LogP contribution is -2.46. The molecule has 0 radical (unpaired) electrons. The monoisotopic (exact) mass is 334 g/mol. The molecule has 4 heteroatoms. The fourth-order valence-electron chi connectivity index (χ4n) is 3.65.